The van der Waals surface area contributed by atoms with Crippen molar-refractivity contribution >= 4 is 34.0 Å². The quantitative estimate of drug-likeness (QED) is 0.365. The second kappa shape index (κ2) is 8.52. The first kappa shape index (κ1) is 20.9. The van der Waals surface area contributed by atoms with E-state index >= 15 is 0 Å². The van der Waals surface area contributed by atoms with Crippen LogP contribution in [0.2, 0.25) is 0 Å². The van der Waals surface area contributed by atoms with Gasteiger partial charge in [0.15, 0.2) is 0 Å². The largest absolute Gasteiger partial charge is 1.00 e. The molecule has 0 amide bonds. The third kappa shape index (κ3) is 4.46. The summed E-state index contributed by atoms with van der Waals surface area (Å²) in [6.07, 6.45) is 0. The van der Waals surface area contributed by atoms with E-state index in [2.05, 4.69) is 38.1 Å². The van der Waals surface area contributed by atoms with Crippen LogP contribution in [0.1, 0.15) is 11.1 Å². The Balaban J connectivity index is 0.00000243. The van der Waals surface area contributed by atoms with E-state index in [-0.39, 0.29) is 23.8 Å². The van der Waals surface area contributed by atoms with Crippen molar-refractivity contribution in [3.8, 4) is 0 Å². The summed E-state index contributed by atoms with van der Waals surface area (Å²) in [5.74, 6) is 0. The molecule has 3 rings (SSSR count). The van der Waals surface area contributed by atoms with Crippen molar-refractivity contribution in [1.29, 1.82) is 0 Å². The molecular weight excluding hydrogens is 358 g/mol. The first-order valence-corrected chi connectivity index (χ1v) is 10.6. The Labute approximate surface area is 168 Å². The van der Waals surface area contributed by atoms with Gasteiger partial charge in [-0.25, -0.2) is 8.42 Å². The maximum atomic E-state index is 11.2. The van der Waals surface area contributed by atoms with Crippen LogP contribution >= 0.6 is 7.92 Å². The van der Waals surface area contributed by atoms with E-state index in [4.69, 9.17) is 0 Å². The smallest absolute Gasteiger partial charge is 0.744 e. The van der Waals surface area contributed by atoms with E-state index in [1.807, 2.05) is 24.3 Å². The van der Waals surface area contributed by atoms with Crippen LogP contribution in [0, 0.1) is 13.8 Å². The van der Waals surface area contributed by atoms with Crippen molar-refractivity contribution in [3.63, 3.8) is 0 Å². The van der Waals surface area contributed by atoms with Crippen LogP contribution in [-0.4, -0.2) is 13.0 Å². The van der Waals surface area contributed by atoms with E-state index in [0.717, 1.165) is 5.30 Å². The molecule has 0 atom stereocenters. The second-order valence-corrected chi connectivity index (χ2v) is 9.39. The van der Waals surface area contributed by atoms with Gasteiger partial charge < -0.3 is 4.55 Å². The molecule has 0 N–H and O–H groups in total. The van der Waals surface area contributed by atoms with Crippen molar-refractivity contribution in [2.45, 2.75) is 18.7 Å². The molecule has 6 heteroatoms. The molecule has 0 spiro atoms. The average Bonchev–Trinajstić information content (AvgIpc) is 2.58. The molecule has 3 aromatic carbocycles. The third-order valence-corrected chi connectivity index (χ3v) is 7.73. The normalized spacial score (nSPS) is 11.2. The van der Waals surface area contributed by atoms with E-state index in [1.54, 1.807) is 12.1 Å². The predicted octanol–water partition coefficient (Wildman–Crippen LogP) is -0.0303. The molecule has 26 heavy (non-hydrogen) atoms. The van der Waals surface area contributed by atoms with E-state index in [9.17, 15) is 13.0 Å². The number of hydrogen-bond donors (Lipinski definition) is 0. The van der Waals surface area contributed by atoms with Crippen LogP contribution < -0.4 is 34.8 Å². The molecule has 0 aliphatic carbocycles. The summed E-state index contributed by atoms with van der Waals surface area (Å²) in [6, 6.07) is 22.8. The van der Waals surface area contributed by atoms with Gasteiger partial charge in [-0.15, -0.1) is 0 Å². The molecule has 0 aliphatic rings. The number of hydrogen-bond acceptors (Lipinski definition) is 3. The van der Waals surface area contributed by atoms with Crippen LogP contribution in [0.25, 0.3) is 0 Å². The van der Waals surface area contributed by atoms with Gasteiger partial charge in [0.1, 0.15) is 10.1 Å². The van der Waals surface area contributed by atoms with Gasteiger partial charge in [0.2, 0.25) is 0 Å². The Hall–Kier alpha value is -1.40. The minimum Gasteiger partial charge on any atom is -0.744 e. The Bertz CT molecular complexity index is 956. The molecule has 0 aromatic heterocycles. The number of rotatable bonds is 4. The van der Waals surface area contributed by atoms with E-state index in [0.29, 0.717) is 0 Å². The minimum atomic E-state index is -4.43. The average molecular weight is 376 g/mol. The number of benzene rings is 3. The monoisotopic (exact) mass is 376 g/mol. The first-order chi connectivity index (χ1) is 11.9. The predicted molar refractivity (Wildman–Crippen MR) is 103 cm³/mol. The van der Waals surface area contributed by atoms with Crippen molar-refractivity contribution < 1.29 is 31.8 Å². The summed E-state index contributed by atoms with van der Waals surface area (Å²) < 4.78 is 33.6. The van der Waals surface area contributed by atoms with E-state index < -0.39 is 18.0 Å². The fraction of sp³-hybridized carbons (Fsp3) is 0.100. The topological polar surface area (TPSA) is 57.2 Å². The van der Waals surface area contributed by atoms with Gasteiger partial charge in [0, 0.05) is 0 Å². The van der Waals surface area contributed by atoms with Gasteiger partial charge >= 0.3 is 18.9 Å². The van der Waals surface area contributed by atoms with Crippen LogP contribution in [0.4, 0.5) is 0 Å². The Morgan fingerprint density at radius 3 is 1.54 bits per heavy atom. The zero-order valence-corrected chi connectivity index (χ0v) is 16.7. The van der Waals surface area contributed by atoms with Gasteiger partial charge in [-0.1, -0.05) is 60.7 Å². The summed E-state index contributed by atoms with van der Waals surface area (Å²) in [6.45, 7) is 4.17. The van der Waals surface area contributed by atoms with Crippen molar-refractivity contribution in [3.05, 3.63) is 83.9 Å². The zero-order valence-electron chi connectivity index (χ0n) is 15.0. The van der Waals surface area contributed by atoms with Crippen LogP contribution in [0.15, 0.2) is 77.7 Å². The maximum Gasteiger partial charge on any atom is 1.00 e. The molecule has 0 saturated carbocycles. The fourth-order valence-electron chi connectivity index (χ4n) is 2.80. The summed E-state index contributed by atoms with van der Waals surface area (Å²) in [4.78, 5) is -0.194. The molecule has 3 aromatic rings. The molecule has 0 heterocycles. The summed E-state index contributed by atoms with van der Waals surface area (Å²) >= 11 is 0. The SMILES string of the molecule is Cc1ccccc1P(c1ccc(S(=O)(=O)[O-])cc1)c1ccccc1C.[Li+]. The standard InChI is InChI=1S/C20H19O3PS.Li/c1-15-7-3-5-9-19(15)24(20-10-6-4-8-16(20)2)17-11-13-18(14-12-17)25(21,22)23;/h3-14H,1-2H3,(H,21,22,23);/q;+1/p-1. The molecule has 0 radical (unpaired) electrons. The van der Waals surface area contributed by atoms with E-state index in [1.165, 1.54) is 33.9 Å². The molecule has 0 aliphatic heterocycles. The van der Waals surface area contributed by atoms with Gasteiger partial charge in [-0.2, -0.15) is 0 Å². The summed E-state index contributed by atoms with van der Waals surface area (Å²) in [5.41, 5.74) is 2.38. The number of aryl methyl sites for hydroxylation is 2. The van der Waals surface area contributed by atoms with Crippen molar-refractivity contribution in [2.24, 2.45) is 0 Å². The van der Waals surface area contributed by atoms with Crippen molar-refractivity contribution in [1.82, 2.24) is 0 Å². The third-order valence-electron chi connectivity index (χ3n) is 4.10. The molecule has 128 valence electrons. The second-order valence-electron chi connectivity index (χ2n) is 5.86. The zero-order chi connectivity index (χ0) is 18.0. The van der Waals surface area contributed by atoms with Crippen LogP contribution in [0.5, 0.6) is 0 Å². The molecule has 3 nitrogen and oxygen atoms in total. The summed E-state index contributed by atoms with van der Waals surface area (Å²) in [5, 5.41) is 3.47. The van der Waals surface area contributed by atoms with Gasteiger partial charge in [-0.3, -0.25) is 0 Å². The van der Waals surface area contributed by atoms with Crippen LogP contribution in [-0.2, 0) is 10.1 Å². The Kier molecular flexibility index (Phi) is 6.85. The molecule has 0 bridgehead atoms. The fourth-order valence-corrected chi connectivity index (χ4v) is 5.86. The first-order valence-electron chi connectivity index (χ1n) is 7.85. The molecule has 0 unspecified atom stereocenters. The van der Waals surface area contributed by atoms with Crippen LogP contribution in [0.3, 0.4) is 0 Å². The Morgan fingerprint density at radius 2 is 1.15 bits per heavy atom. The van der Waals surface area contributed by atoms with Crippen molar-refractivity contribution in [2.75, 3.05) is 0 Å². The minimum absolute atomic E-state index is 0. The molecular formula is C20H18LiO3PS. The van der Waals surface area contributed by atoms with Gasteiger partial charge in [-0.05, 0) is 60.9 Å². The van der Waals surface area contributed by atoms with Gasteiger partial charge in [0.25, 0.3) is 0 Å². The van der Waals surface area contributed by atoms with Gasteiger partial charge in [0.05, 0.1) is 4.90 Å². The summed E-state index contributed by atoms with van der Waals surface area (Å²) in [7, 11) is -5.27. The molecule has 0 saturated heterocycles. The maximum absolute atomic E-state index is 11.2. The Morgan fingerprint density at radius 1 is 0.731 bits per heavy atom. The molecule has 0 fully saturated rings.